The van der Waals surface area contributed by atoms with Crippen LogP contribution < -0.4 is 5.32 Å². The summed E-state index contributed by atoms with van der Waals surface area (Å²) in [6.45, 7) is 5.99. The van der Waals surface area contributed by atoms with E-state index in [0.29, 0.717) is 12.2 Å². The Morgan fingerprint density at radius 2 is 1.96 bits per heavy atom. The molecular formula is C19H24N2O4. The standard InChI is InChI=1S/C19H24N2O4/c1-18(2,3)25-15(22)11-19(17(23)24-4)16-13(9-10-20-19)12-7-5-6-8-14(12)21-16/h5-8,20-21H,9-11H2,1-4H3. The third kappa shape index (κ3) is 3.14. The third-order valence-corrected chi connectivity index (χ3v) is 4.41. The lowest BCUT2D eigenvalue weighted by molar-refractivity contribution is -0.163. The van der Waals surface area contributed by atoms with Crippen molar-refractivity contribution in [3.63, 3.8) is 0 Å². The van der Waals surface area contributed by atoms with Crippen LogP contribution in [0.4, 0.5) is 0 Å². The van der Waals surface area contributed by atoms with Crippen molar-refractivity contribution in [3.8, 4) is 0 Å². The Kier molecular flexibility index (Phi) is 4.33. The second-order valence-electron chi connectivity index (χ2n) is 7.36. The molecule has 2 heterocycles. The van der Waals surface area contributed by atoms with Gasteiger partial charge in [-0.25, -0.2) is 4.79 Å². The van der Waals surface area contributed by atoms with Gasteiger partial charge in [0.1, 0.15) is 5.60 Å². The van der Waals surface area contributed by atoms with Crippen LogP contribution in [-0.4, -0.2) is 36.2 Å². The van der Waals surface area contributed by atoms with E-state index >= 15 is 0 Å². The normalized spacial score (nSPS) is 20.2. The molecule has 0 aliphatic carbocycles. The lowest BCUT2D eigenvalue weighted by atomic mass is 9.84. The number of ether oxygens (including phenoxy) is 2. The quantitative estimate of drug-likeness (QED) is 0.836. The van der Waals surface area contributed by atoms with Gasteiger partial charge in [-0.1, -0.05) is 18.2 Å². The number of carbonyl (C=O) groups excluding carboxylic acids is 2. The zero-order valence-electron chi connectivity index (χ0n) is 15.1. The van der Waals surface area contributed by atoms with Gasteiger partial charge in [-0.3, -0.25) is 10.1 Å². The Hall–Kier alpha value is -2.34. The molecule has 1 aliphatic heterocycles. The number of hydrogen-bond acceptors (Lipinski definition) is 5. The van der Waals surface area contributed by atoms with Gasteiger partial charge in [-0.2, -0.15) is 0 Å². The molecule has 3 rings (SSSR count). The van der Waals surface area contributed by atoms with Crippen LogP contribution in [0.5, 0.6) is 0 Å². The van der Waals surface area contributed by atoms with Crippen LogP contribution in [0.3, 0.4) is 0 Å². The van der Waals surface area contributed by atoms with E-state index in [1.807, 2.05) is 24.3 Å². The van der Waals surface area contributed by atoms with Crippen LogP contribution in [0.2, 0.25) is 0 Å². The molecule has 1 aliphatic rings. The van der Waals surface area contributed by atoms with Crippen LogP contribution in [0.25, 0.3) is 10.9 Å². The zero-order valence-corrected chi connectivity index (χ0v) is 15.1. The van der Waals surface area contributed by atoms with Crippen LogP contribution in [0.1, 0.15) is 38.4 Å². The third-order valence-electron chi connectivity index (χ3n) is 4.41. The number of benzene rings is 1. The molecule has 0 saturated heterocycles. The minimum Gasteiger partial charge on any atom is -0.467 e. The molecule has 1 aromatic heterocycles. The summed E-state index contributed by atoms with van der Waals surface area (Å²) in [5, 5.41) is 4.28. The van der Waals surface area contributed by atoms with Crippen LogP contribution in [0.15, 0.2) is 24.3 Å². The predicted octanol–water partition coefficient (Wildman–Crippen LogP) is 2.41. The first-order valence-corrected chi connectivity index (χ1v) is 8.42. The number of aromatic amines is 1. The number of methoxy groups -OCH3 is 1. The number of rotatable bonds is 3. The summed E-state index contributed by atoms with van der Waals surface area (Å²) in [5.74, 6) is -0.942. The molecule has 6 heteroatoms. The molecule has 2 aromatic rings. The predicted molar refractivity (Wildman–Crippen MR) is 94.2 cm³/mol. The molecule has 0 fully saturated rings. The molecule has 25 heavy (non-hydrogen) atoms. The van der Waals surface area contributed by atoms with E-state index in [4.69, 9.17) is 9.47 Å². The Morgan fingerprint density at radius 1 is 1.24 bits per heavy atom. The number of aromatic nitrogens is 1. The maximum atomic E-state index is 12.7. The molecule has 134 valence electrons. The lowest BCUT2D eigenvalue weighted by Gasteiger charge is -2.35. The van der Waals surface area contributed by atoms with Crippen LogP contribution >= 0.6 is 0 Å². The van der Waals surface area contributed by atoms with Gasteiger partial charge in [0.2, 0.25) is 0 Å². The fourth-order valence-corrected chi connectivity index (χ4v) is 3.48. The van der Waals surface area contributed by atoms with Gasteiger partial charge in [-0.15, -0.1) is 0 Å². The van der Waals surface area contributed by atoms with Crippen molar-refractivity contribution in [1.82, 2.24) is 10.3 Å². The van der Waals surface area contributed by atoms with Crippen molar-refractivity contribution in [1.29, 1.82) is 0 Å². The number of H-pyrrole nitrogens is 1. The smallest absolute Gasteiger partial charge is 0.332 e. The molecule has 0 saturated carbocycles. The van der Waals surface area contributed by atoms with Gasteiger partial charge < -0.3 is 14.5 Å². The molecule has 0 radical (unpaired) electrons. The Bertz CT molecular complexity index is 818. The topological polar surface area (TPSA) is 80.4 Å². The number of para-hydroxylation sites is 1. The highest BCUT2D eigenvalue weighted by Gasteiger charge is 2.48. The molecule has 6 nitrogen and oxygen atoms in total. The number of esters is 2. The first-order chi connectivity index (χ1) is 11.8. The van der Waals surface area contributed by atoms with E-state index in [0.717, 1.165) is 22.9 Å². The lowest BCUT2D eigenvalue weighted by Crippen LogP contribution is -2.55. The van der Waals surface area contributed by atoms with E-state index in [9.17, 15) is 9.59 Å². The highest BCUT2D eigenvalue weighted by atomic mass is 16.6. The number of carbonyl (C=O) groups is 2. The maximum absolute atomic E-state index is 12.7. The van der Waals surface area contributed by atoms with Gasteiger partial charge in [0.25, 0.3) is 0 Å². The largest absolute Gasteiger partial charge is 0.467 e. The van der Waals surface area contributed by atoms with Gasteiger partial charge in [-0.05, 0) is 38.8 Å². The van der Waals surface area contributed by atoms with E-state index < -0.39 is 23.1 Å². The molecule has 2 N–H and O–H groups in total. The first kappa shape index (κ1) is 17.5. The molecule has 0 spiro atoms. The van der Waals surface area contributed by atoms with E-state index in [2.05, 4.69) is 10.3 Å². The summed E-state index contributed by atoms with van der Waals surface area (Å²) in [6, 6.07) is 7.88. The molecule has 1 atom stereocenters. The van der Waals surface area contributed by atoms with E-state index in [1.165, 1.54) is 7.11 Å². The zero-order chi connectivity index (χ0) is 18.2. The van der Waals surface area contributed by atoms with Crippen molar-refractivity contribution < 1.29 is 19.1 Å². The van der Waals surface area contributed by atoms with Crippen molar-refractivity contribution in [2.24, 2.45) is 0 Å². The number of hydrogen-bond donors (Lipinski definition) is 2. The summed E-state index contributed by atoms with van der Waals surface area (Å²) >= 11 is 0. The number of fused-ring (bicyclic) bond motifs is 3. The Balaban J connectivity index is 2.09. The summed E-state index contributed by atoms with van der Waals surface area (Å²) in [7, 11) is 1.33. The minimum absolute atomic E-state index is 0.128. The molecule has 0 bridgehead atoms. The fourth-order valence-electron chi connectivity index (χ4n) is 3.48. The second kappa shape index (κ2) is 6.19. The van der Waals surface area contributed by atoms with Gasteiger partial charge in [0.05, 0.1) is 19.2 Å². The van der Waals surface area contributed by atoms with Crippen molar-refractivity contribution >= 4 is 22.8 Å². The van der Waals surface area contributed by atoms with E-state index in [-0.39, 0.29) is 6.42 Å². The fraction of sp³-hybridized carbons (Fsp3) is 0.474. The average Bonchev–Trinajstić information content (AvgIpc) is 2.92. The maximum Gasteiger partial charge on any atom is 0.332 e. The SMILES string of the molecule is COC(=O)C1(CC(=O)OC(C)(C)C)NCCc2c1[nH]c1ccccc21. The minimum atomic E-state index is -1.26. The molecule has 1 aromatic carbocycles. The van der Waals surface area contributed by atoms with Crippen molar-refractivity contribution in [2.75, 3.05) is 13.7 Å². The number of nitrogens with one attached hydrogen (secondary N) is 2. The van der Waals surface area contributed by atoms with Crippen molar-refractivity contribution in [3.05, 3.63) is 35.5 Å². The Morgan fingerprint density at radius 3 is 2.64 bits per heavy atom. The van der Waals surface area contributed by atoms with Gasteiger partial charge in [0.15, 0.2) is 5.54 Å². The second-order valence-corrected chi connectivity index (χ2v) is 7.36. The van der Waals surface area contributed by atoms with Crippen LogP contribution in [0, 0.1) is 0 Å². The monoisotopic (exact) mass is 344 g/mol. The van der Waals surface area contributed by atoms with Crippen molar-refractivity contribution in [2.45, 2.75) is 44.8 Å². The first-order valence-electron chi connectivity index (χ1n) is 8.42. The molecule has 0 amide bonds. The summed E-state index contributed by atoms with van der Waals surface area (Å²) in [5.41, 5.74) is 0.797. The van der Waals surface area contributed by atoms with E-state index in [1.54, 1.807) is 20.8 Å². The molecule has 1 unspecified atom stereocenters. The summed E-state index contributed by atoms with van der Waals surface area (Å²) in [6.07, 6.45) is 0.642. The summed E-state index contributed by atoms with van der Waals surface area (Å²) < 4.78 is 10.5. The summed E-state index contributed by atoms with van der Waals surface area (Å²) in [4.78, 5) is 28.5. The van der Waals surface area contributed by atoms with Gasteiger partial charge >= 0.3 is 11.9 Å². The highest BCUT2D eigenvalue weighted by Crippen LogP contribution is 2.37. The van der Waals surface area contributed by atoms with Crippen LogP contribution in [-0.2, 0) is 31.0 Å². The van der Waals surface area contributed by atoms with Gasteiger partial charge in [0, 0.05) is 17.4 Å². The average molecular weight is 344 g/mol. The molecular weight excluding hydrogens is 320 g/mol. The Labute approximate surface area is 146 Å². The highest BCUT2D eigenvalue weighted by molar-refractivity contribution is 5.93.